The number of thiazole rings is 1. The molecule has 21 heavy (non-hydrogen) atoms. The van der Waals surface area contributed by atoms with Gasteiger partial charge in [-0.2, -0.15) is 5.10 Å². The molecular weight excluding hydrogens is 288 g/mol. The fraction of sp³-hybridized carbons (Fsp3) is 0.143. The third kappa shape index (κ3) is 2.68. The number of nitrogens with zero attached hydrogens (tertiary/aromatic N) is 4. The Labute approximate surface area is 125 Å². The molecule has 0 spiro atoms. The predicted molar refractivity (Wildman–Crippen MR) is 78.2 cm³/mol. The molecule has 6 nitrogen and oxygen atoms in total. The average molecular weight is 300 g/mol. The van der Waals surface area contributed by atoms with E-state index < -0.39 is 5.97 Å². The monoisotopic (exact) mass is 300 g/mol. The SMILES string of the molecule is Cc1ncsc1C(=O)Oc1cccc(-c2ncnn2C)c1. The quantitative estimate of drug-likeness (QED) is 0.549. The van der Waals surface area contributed by atoms with E-state index in [0.29, 0.717) is 22.1 Å². The second-order valence-corrected chi connectivity index (χ2v) is 5.25. The Morgan fingerprint density at radius 3 is 2.86 bits per heavy atom. The molecule has 0 bridgehead atoms. The van der Waals surface area contributed by atoms with E-state index in [0.717, 1.165) is 5.56 Å². The molecule has 0 aliphatic rings. The second-order valence-electron chi connectivity index (χ2n) is 4.39. The zero-order chi connectivity index (χ0) is 14.8. The van der Waals surface area contributed by atoms with Crippen LogP contribution in [0.2, 0.25) is 0 Å². The van der Waals surface area contributed by atoms with Gasteiger partial charge in [0.1, 0.15) is 17.0 Å². The van der Waals surface area contributed by atoms with Crippen LogP contribution in [0, 0.1) is 6.92 Å². The van der Waals surface area contributed by atoms with Crippen LogP contribution in [-0.2, 0) is 7.05 Å². The number of aromatic nitrogens is 4. The standard InChI is InChI=1S/C14H12N4O2S/c1-9-12(21-8-16-9)14(19)20-11-5-3-4-10(6-11)13-15-7-17-18(13)2/h3-8H,1-2H3. The summed E-state index contributed by atoms with van der Waals surface area (Å²) in [5.41, 5.74) is 3.14. The first-order chi connectivity index (χ1) is 10.1. The summed E-state index contributed by atoms with van der Waals surface area (Å²) in [5.74, 6) is 0.778. The molecule has 1 aromatic carbocycles. The van der Waals surface area contributed by atoms with Crippen molar-refractivity contribution < 1.29 is 9.53 Å². The molecule has 106 valence electrons. The number of ether oxygens (including phenoxy) is 1. The van der Waals surface area contributed by atoms with E-state index >= 15 is 0 Å². The lowest BCUT2D eigenvalue weighted by Gasteiger charge is -2.05. The molecule has 3 aromatic rings. The molecule has 0 aliphatic heterocycles. The van der Waals surface area contributed by atoms with Crippen LogP contribution in [0.4, 0.5) is 0 Å². The zero-order valence-corrected chi connectivity index (χ0v) is 12.3. The number of esters is 1. The van der Waals surface area contributed by atoms with Gasteiger partial charge in [0, 0.05) is 12.6 Å². The summed E-state index contributed by atoms with van der Waals surface area (Å²) in [6, 6.07) is 7.19. The van der Waals surface area contributed by atoms with Gasteiger partial charge in [0.15, 0.2) is 5.82 Å². The van der Waals surface area contributed by atoms with Crippen molar-refractivity contribution in [1.29, 1.82) is 0 Å². The Balaban J connectivity index is 1.86. The van der Waals surface area contributed by atoms with E-state index in [1.807, 2.05) is 19.2 Å². The van der Waals surface area contributed by atoms with E-state index in [-0.39, 0.29) is 0 Å². The van der Waals surface area contributed by atoms with E-state index in [1.54, 1.807) is 29.2 Å². The van der Waals surface area contributed by atoms with Crippen LogP contribution in [0.5, 0.6) is 5.75 Å². The molecule has 2 aromatic heterocycles. The normalized spacial score (nSPS) is 10.6. The Morgan fingerprint density at radius 2 is 2.19 bits per heavy atom. The maximum atomic E-state index is 12.1. The minimum atomic E-state index is -0.398. The highest BCUT2D eigenvalue weighted by atomic mass is 32.1. The molecule has 0 N–H and O–H groups in total. The topological polar surface area (TPSA) is 69.9 Å². The lowest BCUT2D eigenvalue weighted by molar-refractivity contribution is 0.0739. The summed E-state index contributed by atoms with van der Waals surface area (Å²) in [4.78, 5) is 20.8. The van der Waals surface area contributed by atoms with Crippen molar-refractivity contribution >= 4 is 17.3 Å². The first kappa shape index (κ1) is 13.4. The molecule has 0 unspecified atom stereocenters. The van der Waals surface area contributed by atoms with Crippen molar-refractivity contribution in [3.8, 4) is 17.1 Å². The van der Waals surface area contributed by atoms with E-state index in [9.17, 15) is 4.79 Å². The van der Waals surface area contributed by atoms with Gasteiger partial charge in [-0.1, -0.05) is 12.1 Å². The van der Waals surface area contributed by atoms with Crippen LogP contribution in [0.1, 0.15) is 15.4 Å². The van der Waals surface area contributed by atoms with Crippen molar-refractivity contribution in [2.75, 3.05) is 0 Å². The first-order valence-electron chi connectivity index (χ1n) is 6.22. The van der Waals surface area contributed by atoms with Crippen molar-refractivity contribution in [1.82, 2.24) is 19.7 Å². The highest BCUT2D eigenvalue weighted by molar-refractivity contribution is 7.11. The number of carbonyl (C=O) groups is 1. The third-order valence-corrected chi connectivity index (χ3v) is 3.85. The number of aryl methyl sites for hydroxylation is 2. The number of carbonyl (C=O) groups excluding carboxylic acids is 1. The molecule has 3 rings (SSSR count). The van der Waals surface area contributed by atoms with E-state index in [1.165, 1.54) is 17.7 Å². The Bertz CT molecular complexity index is 794. The molecule has 0 saturated heterocycles. The Morgan fingerprint density at radius 1 is 1.33 bits per heavy atom. The number of rotatable bonds is 3. The summed E-state index contributed by atoms with van der Waals surface area (Å²) in [5, 5.41) is 4.03. The van der Waals surface area contributed by atoms with Crippen LogP contribution in [-0.4, -0.2) is 25.7 Å². The van der Waals surface area contributed by atoms with Gasteiger partial charge in [0.25, 0.3) is 0 Å². The van der Waals surface area contributed by atoms with E-state index in [4.69, 9.17) is 4.74 Å². The van der Waals surface area contributed by atoms with Crippen molar-refractivity contribution in [3.63, 3.8) is 0 Å². The molecule has 0 atom stereocenters. The molecular formula is C14H12N4O2S. The van der Waals surface area contributed by atoms with Gasteiger partial charge in [-0.3, -0.25) is 0 Å². The Kier molecular flexibility index (Phi) is 3.49. The molecule has 0 fully saturated rings. The summed E-state index contributed by atoms with van der Waals surface area (Å²) in [6.45, 7) is 1.78. The molecule has 2 heterocycles. The predicted octanol–water partition coefficient (Wildman–Crippen LogP) is 2.47. The minimum absolute atomic E-state index is 0.398. The van der Waals surface area contributed by atoms with Crippen molar-refractivity contribution in [2.24, 2.45) is 7.05 Å². The number of benzene rings is 1. The number of hydrogen-bond acceptors (Lipinski definition) is 6. The van der Waals surface area contributed by atoms with Crippen molar-refractivity contribution in [3.05, 3.63) is 46.7 Å². The lowest BCUT2D eigenvalue weighted by atomic mass is 10.2. The van der Waals surface area contributed by atoms with Gasteiger partial charge in [-0.15, -0.1) is 11.3 Å². The van der Waals surface area contributed by atoms with Crippen LogP contribution in [0.15, 0.2) is 36.1 Å². The second kappa shape index (κ2) is 5.45. The van der Waals surface area contributed by atoms with Crippen LogP contribution in [0.3, 0.4) is 0 Å². The number of hydrogen-bond donors (Lipinski definition) is 0. The van der Waals surface area contributed by atoms with Gasteiger partial charge >= 0.3 is 5.97 Å². The molecule has 7 heteroatoms. The van der Waals surface area contributed by atoms with Gasteiger partial charge < -0.3 is 4.74 Å². The van der Waals surface area contributed by atoms with Gasteiger partial charge in [0.2, 0.25) is 0 Å². The zero-order valence-electron chi connectivity index (χ0n) is 11.5. The first-order valence-corrected chi connectivity index (χ1v) is 7.10. The van der Waals surface area contributed by atoms with E-state index in [2.05, 4.69) is 15.1 Å². The molecule has 0 radical (unpaired) electrons. The summed E-state index contributed by atoms with van der Waals surface area (Å²) < 4.78 is 7.05. The smallest absolute Gasteiger partial charge is 0.355 e. The van der Waals surface area contributed by atoms with Crippen LogP contribution >= 0.6 is 11.3 Å². The molecule has 0 saturated carbocycles. The fourth-order valence-corrected chi connectivity index (χ4v) is 2.58. The minimum Gasteiger partial charge on any atom is -0.422 e. The third-order valence-electron chi connectivity index (χ3n) is 2.95. The summed E-state index contributed by atoms with van der Waals surface area (Å²) >= 11 is 1.27. The Hall–Kier alpha value is -2.54. The highest BCUT2D eigenvalue weighted by Crippen LogP contribution is 2.23. The largest absolute Gasteiger partial charge is 0.422 e. The summed E-state index contributed by atoms with van der Waals surface area (Å²) in [6.07, 6.45) is 1.48. The van der Waals surface area contributed by atoms with Crippen LogP contribution in [0.25, 0.3) is 11.4 Å². The van der Waals surface area contributed by atoms with Gasteiger partial charge in [0.05, 0.1) is 11.2 Å². The van der Waals surface area contributed by atoms with Crippen molar-refractivity contribution in [2.45, 2.75) is 6.92 Å². The maximum absolute atomic E-state index is 12.1. The summed E-state index contributed by atoms with van der Waals surface area (Å²) in [7, 11) is 1.81. The highest BCUT2D eigenvalue weighted by Gasteiger charge is 2.15. The average Bonchev–Trinajstić information content (AvgIpc) is 3.07. The van der Waals surface area contributed by atoms with Gasteiger partial charge in [-0.25, -0.2) is 19.4 Å². The van der Waals surface area contributed by atoms with Crippen LogP contribution < -0.4 is 4.74 Å². The maximum Gasteiger partial charge on any atom is 0.355 e. The molecule has 0 aliphatic carbocycles. The lowest BCUT2D eigenvalue weighted by Crippen LogP contribution is -2.08. The van der Waals surface area contributed by atoms with Gasteiger partial charge in [-0.05, 0) is 19.1 Å². The molecule has 0 amide bonds. The fourth-order valence-electron chi connectivity index (χ4n) is 1.91.